The maximum atomic E-state index is 11.7. The first-order chi connectivity index (χ1) is 11.7. The van der Waals surface area contributed by atoms with Gasteiger partial charge >= 0.3 is 5.97 Å². The van der Waals surface area contributed by atoms with Gasteiger partial charge in [0.05, 0.1) is 12.2 Å². The van der Waals surface area contributed by atoms with Crippen molar-refractivity contribution in [3.63, 3.8) is 0 Å². The Bertz CT molecular complexity index is 693. The summed E-state index contributed by atoms with van der Waals surface area (Å²) >= 11 is 1.49. The minimum atomic E-state index is -0.345. The number of ether oxygens (including phenoxy) is 1. The first kappa shape index (κ1) is 17.0. The maximum absolute atomic E-state index is 11.7. The Labute approximate surface area is 146 Å². The topological polar surface area (TPSA) is 69.9 Å². The minimum Gasteiger partial charge on any atom is -0.462 e. The number of hydrogen-bond donors (Lipinski definition) is 0. The third kappa shape index (κ3) is 3.77. The molecule has 0 amide bonds. The highest BCUT2D eigenvalue weighted by Gasteiger charge is 2.22. The van der Waals surface area contributed by atoms with Crippen LogP contribution >= 0.6 is 11.8 Å². The maximum Gasteiger partial charge on any atom is 0.339 e. The van der Waals surface area contributed by atoms with Gasteiger partial charge in [0.2, 0.25) is 0 Å². The van der Waals surface area contributed by atoms with Crippen molar-refractivity contribution in [2.75, 3.05) is 6.61 Å². The second-order valence-corrected chi connectivity index (χ2v) is 6.89. The molecular formula is C17H22N4O2S. The van der Waals surface area contributed by atoms with E-state index in [0.717, 1.165) is 16.0 Å². The SMILES string of the molecule is CCOC(=O)c1ccc(Sc2nnc(C)n2C2CCCCC2)nc1. The van der Waals surface area contributed by atoms with Gasteiger partial charge in [-0.3, -0.25) is 0 Å². The van der Waals surface area contributed by atoms with E-state index in [4.69, 9.17) is 4.74 Å². The molecule has 3 rings (SSSR count). The van der Waals surface area contributed by atoms with Crippen molar-refractivity contribution in [2.24, 2.45) is 0 Å². The summed E-state index contributed by atoms with van der Waals surface area (Å²) in [5.74, 6) is 0.607. The summed E-state index contributed by atoms with van der Waals surface area (Å²) in [4.78, 5) is 16.0. The molecule has 0 saturated heterocycles. The number of hydrogen-bond acceptors (Lipinski definition) is 6. The fraction of sp³-hybridized carbons (Fsp3) is 0.529. The molecule has 2 heterocycles. The van der Waals surface area contributed by atoms with Crippen LogP contribution in [0.1, 0.15) is 61.3 Å². The quantitative estimate of drug-likeness (QED) is 0.767. The van der Waals surface area contributed by atoms with E-state index in [1.807, 2.05) is 13.0 Å². The van der Waals surface area contributed by atoms with Crippen molar-refractivity contribution in [1.82, 2.24) is 19.7 Å². The van der Waals surface area contributed by atoms with Crippen LogP contribution in [0.5, 0.6) is 0 Å². The number of carbonyl (C=O) groups is 1. The number of nitrogens with zero attached hydrogens (tertiary/aromatic N) is 4. The van der Waals surface area contributed by atoms with E-state index in [0.29, 0.717) is 18.2 Å². The predicted octanol–water partition coefficient (Wildman–Crippen LogP) is 3.81. The first-order valence-corrected chi connectivity index (χ1v) is 9.23. The molecule has 7 heteroatoms. The van der Waals surface area contributed by atoms with Crippen molar-refractivity contribution in [1.29, 1.82) is 0 Å². The van der Waals surface area contributed by atoms with Gasteiger partial charge in [-0.1, -0.05) is 19.3 Å². The van der Waals surface area contributed by atoms with E-state index in [2.05, 4.69) is 19.7 Å². The van der Waals surface area contributed by atoms with Crippen LogP contribution in [0.15, 0.2) is 28.5 Å². The summed E-state index contributed by atoms with van der Waals surface area (Å²) in [7, 11) is 0. The molecule has 0 N–H and O–H groups in total. The van der Waals surface area contributed by atoms with E-state index >= 15 is 0 Å². The Balaban J connectivity index is 1.75. The molecule has 0 aromatic carbocycles. The van der Waals surface area contributed by atoms with E-state index in [1.165, 1.54) is 43.9 Å². The summed E-state index contributed by atoms with van der Waals surface area (Å²) < 4.78 is 7.22. The minimum absolute atomic E-state index is 0.345. The summed E-state index contributed by atoms with van der Waals surface area (Å²) in [6.45, 7) is 4.15. The standard InChI is InChI=1S/C17H22N4O2S/c1-3-23-16(22)13-9-10-15(18-11-13)24-17-20-19-12(2)21(17)14-7-5-4-6-8-14/h9-11,14H,3-8H2,1-2H3. The molecule has 24 heavy (non-hydrogen) atoms. The highest BCUT2D eigenvalue weighted by Crippen LogP contribution is 2.34. The lowest BCUT2D eigenvalue weighted by Crippen LogP contribution is -2.15. The van der Waals surface area contributed by atoms with Crippen LogP contribution in [0.25, 0.3) is 0 Å². The number of carbonyl (C=O) groups excluding carboxylic acids is 1. The zero-order chi connectivity index (χ0) is 16.9. The van der Waals surface area contributed by atoms with Crippen LogP contribution in [0.3, 0.4) is 0 Å². The van der Waals surface area contributed by atoms with Gasteiger partial charge in [0, 0.05) is 12.2 Å². The van der Waals surface area contributed by atoms with Gasteiger partial charge in [0.1, 0.15) is 10.9 Å². The molecule has 1 saturated carbocycles. The zero-order valence-corrected chi connectivity index (χ0v) is 14.9. The number of aromatic nitrogens is 4. The second-order valence-electron chi connectivity index (χ2n) is 5.90. The van der Waals surface area contributed by atoms with Crippen molar-refractivity contribution in [3.8, 4) is 0 Å². The van der Waals surface area contributed by atoms with Crippen molar-refractivity contribution in [2.45, 2.75) is 62.2 Å². The molecule has 0 unspecified atom stereocenters. The molecule has 0 radical (unpaired) electrons. The summed E-state index contributed by atoms with van der Waals surface area (Å²) in [5, 5.41) is 10.2. The fourth-order valence-electron chi connectivity index (χ4n) is 3.05. The van der Waals surface area contributed by atoms with E-state index < -0.39 is 0 Å². The lowest BCUT2D eigenvalue weighted by molar-refractivity contribution is 0.0525. The molecule has 1 aliphatic carbocycles. The lowest BCUT2D eigenvalue weighted by Gasteiger charge is -2.24. The molecule has 0 spiro atoms. The number of pyridine rings is 1. The van der Waals surface area contributed by atoms with Gasteiger partial charge in [-0.25, -0.2) is 9.78 Å². The average Bonchev–Trinajstić information content (AvgIpc) is 2.97. The smallest absolute Gasteiger partial charge is 0.339 e. The molecule has 0 bridgehead atoms. The van der Waals surface area contributed by atoms with Crippen LogP contribution in [-0.4, -0.2) is 32.3 Å². The van der Waals surface area contributed by atoms with Crippen LogP contribution in [0.4, 0.5) is 0 Å². The van der Waals surface area contributed by atoms with Crippen molar-refractivity contribution in [3.05, 3.63) is 29.7 Å². The van der Waals surface area contributed by atoms with Gasteiger partial charge in [-0.15, -0.1) is 10.2 Å². The monoisotopic (exact) mass is 346 g/mol. The Hall–Kier alpha value is -1.89. The van der Waals surface area contributed by atoms with E-state index in [1.54, 1.807) is 19.2 Å². The first-order valence-electron chi connectivity index (χ1n) is 8.41. The largest absolute Gasteiger partial charge is 0.462 e. The molecule has 6 nitrogen and oxygen atoms in total. The third-order valence-electron chi connectivity index (χ3n) is 4.22. The van der Waals surface area contributed by atoms with Crippen molar-refractivity contribution < 1.29 is 9.53 Å². The van der Waals surface area contributed by atoms with Crippen LogP contribution < -0.4 is 0 Å². The van der Waals surface area contributed by atoms with Crippen LogP contribution in [0.2, 0.25) is 0 Å². The molecule has 2 aromatic heterocycles. The Kier molecular flexibility index (Phi) is 5.50. The van der Waals surface area contributed by atoms with Crippen LogP contribution in [-0.2, 0) is 4.74 Å². The van der Waals surface area contributed by atoms with Gasteiger partial charge < -0.3 is 9.30 Å². The Morgan fingerprint density at radius 2 is 2.08 bits per heavy atom. The predicted molar refractivity (Wildman–Crippen MR) is 91.2 cm³/mol. The fourth-order valence-corrected chi connectivity index (χ4v) is 3.94. The van der Waals surface area contributed by atoms with Gasteiger partial charge in [-0.2, -0.15) is 0 Å². The molecule has 1 fully saturated rings. The average molecular weight is 346 g/mol. The highest BCUT2D eigenvalue weighted by molar-refractivity contribution is 7.99. The highest BCUT2D eigenvalue weighted by atomic mass is 32.2. The van der Waals surface area contributed by atoms with E-state index in [-0.39, 0.29) is 5.97 Å². The lowest BCUT2D eigenvalue weighted by atomic mass is 9.95. The van der Waals surface area contributed by atoms with Crippen molar-refractivity contribution >= 4 is 17.7 Å². The van der Waals surface area contributed by atoms with Gasteiger partial charge in [-0.05, 0) is 50.6 Å². The normalized spacial score (nSPS) is 15.4. The second kappa shape index (κ2) is 7.79. The molecule has 0 aliphatic heterocycles. The Morgan fingerprint density at radius 3 is 2.75 bits per heavy atom. The number of rotatable bonds is 5. The molecule has 0 atom stereocenters. The van der Waals surface area contributed by atoms with Gasteiger partial charge in [0.15, 0.2) is 5.16 Å². The zero-order valence-electron chi connectivity index (χ0n) is 14.1. The molecule has 2 aromatic rings. The summed E-state index contributed by atoms with van der Waals surface area (Å²) in [6, 6.07) is 4.04. The van der Waals surface area contributed by atoms with Crippen LogP contribution in [0, 0.1) is 6.92 Å². The molecule has 128 valence electrons. The Morgan fingerprint density at radius 1 is 1.29 bits per heavy atom. The van der Waals surface area contributed by atoms with Gasteiger partial charge in [0.25, 0.3) is 0 Å². The third-order valence-corrected chi connectivity index (χ3v) is 5.13. The summed E-state index contributed by atoms with van der Waals surface area (Å²) in [5.41, 5.74) is 0.464. The van der Waals surface area contributed by atoms with E-state index in [9.17, 15) is 4.79 Å². The summed E-state index contributed by atoms with van der Waals surface area (Å²) in [6.07, 6.45) is 7.76. The number of esters is 1. The number of aryl methyl sites for hydroxylation is 1. The molecule has 1 aliphatic rings. The molecular weight excluding hydrogens is 324 g/mol.